The first-order valence-electron chi connectivity index (χ1n) is 10.9. The summed E-state index contributed by atoms with van der Waals surface area (Å²) in [5.74, 6) is 3.44. The van der Waals surface area contributed by atoms with Crippen LogP contribution in [0, 0.1) is 12.8 Å². The summed E-state index contributed by atoms with van der Waals surface area (Å²) in [5, 5.41) is 15.5. The highest BCUT2D eigenvalue weighted by atomic mass is 16.5. The van der Waals surface area contributed by atoms with E-state index in [1.54, 1.807) is 0 Å². The van der Waals surface area contributed by atoms with Crippen LogP contribution in [0.25, 0.3) is 0 Å². The summed E-state index contributed by atoms with van der Waals surface area (Å²) in [6, 6.07) is 0.477. The lowest BCUT2D eigenvalue weighted by Gasteiger charge is -2.34. The Bertz CT molecular complexity index is 616. The fourth-order valence-corrected chi connectivity index (χ4v) is 3.82. The van der Waals surface area contributed by atoms with Crippen LogP contribution in [0.3, 0.4) is 0 Å². The average Bonchev–Trinajstić information content (AvgIpc) is 3.32. The van der Waals surface area contributed by atoms with Crippen molar-refractivity contribution in [1.29, 1.82) is 0 Å². The number of aromatic nitrogens is 3. The van der Waals surface area contributed by atoms with Crippen molar-refractivity contribution in [2.24, 2.45) is 18.0 Å². The van der Waals surface area contributed by atoms with Gasteiger partial charge in [0.15, 0.2) is 11.8 Å². The summed E-state index contributed by atoms with van der Waals surface area (Å²) >= 11 is 0. The Balaban J connectivity index is 1.49. The number of nitrogens with zero attached hydrogens (tertiary/aromatic N) is 5. The number of hydrogen-bond donors (Lipinski definition) is 2. The highest BCUT2D eigenvalue weighted by Gasteiger charge is 2.24. The van der Waals surface area contributed by atoms with Gasteiger partial charge in [-0.2, -0.15) is 0 Å². The van der Waals surface area contributed by atoms with Crippen LogP contribution in [-0.4, -0.2) is 71.1 Å². The van der Waals surface area contributed by atoms with Crippen molar-refractivity contribution < 1.29 is 4.74 Å². The smallest absolute Gasteiger partial charge is 0.191 e. The van der Waals surface area contributed by atoms with Gasteiger partial charge in [-0.3, -0.25) is 0 Å². The molecule has 1 atom stereocenters. The van der Waals surface area contributed by atoms with Gasteiger partial charge >= 0.3 is 0 Å². The number of unbranched alkanes of at least 4 members (excludes halogenated alkanes) is 1. The number of piperidine rings is 1. The molecule has 3 rings (SSSR count). The third-order valence-electron chi connectivity index (χ3n) is 5.85. The van der Waals surface area contributed by atoms with E-state index < -0.39 is 0 Å². The van der Waals surface area contributed by atoms with Crippen LogP contribution < -0.4 is 10.6 Å². The van der Waals surface area contributed by atoms with Gasteiger partial charge in [0, 0.05) is 45.9 Å². The Morgan fingerprint density at radius 2 is 2.07 bits per heavy atom. The zero-order valence-corrected chi connectivity index (χ0v) is 17.8. The maximum atomic E-state index is 5.52. The van der Waals surface area contributed by atoms with Crippen LogP contribution in [0.2, 0.25) is 0 Å². The van der Waals surface area contributed by atoms with E-state index in [4.69, 9.17) is 9.73 Å². The lowest BCUT2D eigenvalue weighted by molar-refractivity contribution is 0.150. The molecule has 28 heavy (non-hydrogen) atoms. The van der Waals surface area contributed by atoms with E-state index >= 15 is 0 Å². The molecule has 1 unspecified atom stereocenters. The molecule has 2 aliphatic heterocycles. The SMILES string of the molecule is CCCCNC(=NCc1nnc(C)n1C)NC1CCN(CC2CCOC2)CC1. The average molecular weight is 392 g/mol. The standard InChI is InChI=1S/C20H37N7O/c1-4-5-9-21-20(22-13-19-25-24-16(2)26(19)3)23-18-6-10-27(11-7-18)14-17-8-12-28-15-17/h17-18H,4-15H2,1-3H3,(H2,21,22,23). The molecule has 2 aliphatic rings. The maximum absolute atomic E-state index is 5.52. The topological polar surface area (TPSA) is 79.6 Å². The van der Waals surface area contributed by atoms with E-state index in [9.17, 15) is 0 Å². The molecule has 0 spiro atoms. The second-order valence-electron chi connectivity index (χ2n) is 8.12. The highest BCUT2D eigenvalue weighted by molar-refractivity contribution is 5.80. The van der Waals surface area contributed by atoms with E-state index in [1.807, 2.05) is 18.5 Å². The van der Waals surface area contributed by atoms with Crippen LogP contribution in [-0.2, 0) is 18.3 Å². The normalized spacial score (nSPS) is 22.0. The maximum Gasteiger partial charge on any atom is 0.191 e. The Kier molecular flexibility index (Phi) is 8.09. The minimum Gasteiger partial charge on any atom is -0.381 e. The van der Waals surface area contributed by atoms with Gasteiger partial charge in [-0.1, -0.05) is 13.3 Å². The minimum absolute atomic E-state index is 0.477. The second kappa shape index (κ2) is 10.8. The van der Waals surface area contributed by atoms with Crippen LogP contribution in [0.15, 0.2) is 4.99 Å². The highest BCUT2D eigenvalue weighted by Crippen LogP contribution is 2.17. The summed E-state index contributed by atoms with van der Waals surface area (Å²) in [6.07, 6.45) is 5.85. The summed E-state index contributed by atoms with van der Waals surface area (Å²) in [4.78, 5) is 7.38. The minimum atomic E-state index is 0.477. The fraction of sp³-hybridized carbons (Fsp3) is 0.850. The summed E-state index contributed by atoms with van der Waals surface area (Å²) in [5.41, 5.74) is 0. The van der Waals surface area contributed by atoms with E-state index in [2.05, 4.69) is 32.7 Å². The Morgan fingerprint density at radius 1 is 1.25 bits per heavy atom. The molecule has 0 saturated carbocycles. The van der Waals surface area contributed by atoms with Gasteiger partial charge in [-0.15, -0.1) is 10.2 Å². The molecule has 0 aliphatic carbocycles. The van der Waals surface area contributed by atoms with Gasteiger partial charge in [-0.05, 0) is 38.5 Å². The second-order valence-corrected chi connectivity index (χ2v) is 8.12. The van der Waals surface area contributed by atoms with Gasteiger partial charge in [0.2, 0.25) is 0 Å². The van der Waals surface area contributed by atoms with Gasteiger partial charge in [-0.25, -0.2) is 4.99 Å². The third-order valence-corrected chi connectivity index (χ3v) is 5.85. The summed E-state index contributed by atoms with van der Waals surface area (Å²) in [7, 11) is 1.99. The van der Waals surface area contributed by atoms with Gasteiger partial charge in [0.25, 0.3) is 0 Å². The molecular weight excluding hydrogens is 354 g/mol. The Morgan fingerprint density at radius 3 is 2.71 bits per heavy atom. The number of guanidine groups is 1. The molecule has 3 heterocycles. The Hall–Kier alpha value is -1.67. The fourth-order valence-electron chi connectivity index (χ4n) is 3.82. The molecule has 0 radical (unpaired) electrons. The predicted octanol–water partition coefficient (Wildman–Crippen LogP) is 1.46. The number of aliphatic imine (C=N–C) groups is 1. The van der Waals surface area contributed by atoms with E-state index in [0.29, 0.717) is 12.6 Å². The monoisotopic (exact) mass is 391 g/mol. The molecule has 1 aromatic heterocycles. The van der Waals surface area contributed by atoms with Crippen LogP contribution in [0.1, 0.15) is 50.7 Å². The summed E-state index contributed by atoms with van der Waals surface area (Å²) in [6.45, 7) is 11.0. The van der Waals surface area contributed by atoms with Crippen molar-refractivity contribution in [3.8, 4) is 0 Å². The van der Waals surface area contributed by atoms with Crippen LogP contribution >= 0.6 is 0 Å². The number of hydrogen-bond acceptors (Lipinski definition) is 5. The molecular formula is C20H37N7O. The van der Waals surface area contributed by atoms with E-state index in [0.717, 1.165) is 75.6 Å². The van der Waals surface area contributed by atoms with Gasteiger partial charge in [0.05, 0.1) is 6.61 Å². The van der Waals surface area contributed by atoms with Crippen molar-refractivity contribution in [2.75, 3.05) is 39.4 Å². The van der Waals surface area contributed by atoms with Crippen molar-refractivity contribution in [3.63, 3.8) is 0 Å². The first-order chi connectivity index (χ1) is 13.7. The van der Waals surface area contributed by atoms with Crippen molar-refractivity contribution in [2.45, 2.75) is 58.5 Å². The molecule has 1 aromatic rings. The van der Waals surface area contributed by atoms with Gasteiger partial charge < -0.3 is 24.8 Å². The molecule has 2 fully saturated rings. The molecule has 0 amide bonds. The first-order valence-corrected chi connectivity index (χ1v) is 10.9. The number of nitrogens with one attached hydrogen (secondary N) is 2. The predicted molar refractivity (Wildman–Crippen MR) is 111 cm³/mol. The molecule has 0 bridgehead atoms. The van der Waals surface area contributed by atoms with E-state index in [-0.39, 0.29) is 0 Å². The summed E-state index contributed by atoms with van der Waals surface area (Å²) < 4.78 is 7.52. The largest absolute Gasteiger partial charge is 0.381 e. The Labute approximate surface area is 169 Å². The molecule has 2 saturated heterocycles. The van der Waals surface area contributed by atoms with Gasteiger partial charge in [0.1, 0.15) is 12.4 Å². The number of aryl methyl sites for hydroxylation is 1. The van der Waals surface area contributed by atoms with Crippen molar-refractivity contribution in [3.05, 3.63) is 11.6 Å². The molecule has 0 aromatic carbocycles. The van der Waals surface area contributed by atoms with Crippen molar-refractivity contribution in [1.82, 2.24) is 30.3 Å². The quantitative estimate of drug-likeness (QED) is 0.397. The number of likely N-dealkylation sites (tertiary alicyclic amines) is 1. The number of rotatable bonds is 8. The first kappa shape index (κ1) is 21.0. The third kappa shape index (κ3) is 6.17. The zero-order valence-electron chi connectivity index (χ0n) is 17.8. The number of ether oxygens (including phenoxy) is 1. The zero-order chi connectivity index (χ0) is 19.8. The van der Waals surface area contributed by atoms with Crippen LogP contribution in [0.4, 0.5) is 0 Å². The van der Waals surface area contributed by atoms with Crippen LogP contribution in [0.5, 0.6) is 0 Å². The lowest BCUT2D eigenvalue weighted by Crippen LogP contribution is -2.49. The molecule has 158 valence electrons. The van der Waals surface area contributed by atoms with E-state index in [1.165, 1.54) is 19.4 Å². The molecule has 8 nitrogen and oxygen atoms in total. The molecule has 2 N–H and O–H groups in total. The molecule has 8 heteroatoms. The lowest BCUT2D eigenvalue weighted by atomic mass is 10.0. The van der Waals surface area contributed by atoms with Crippen molar-refractivity contribution >= 4 is 5.96 Å².